The zero-order valence-corrected chi connectivity index (χ0v) is 16.9. The molecule has 4 rings (SSSR count). The Morgan fingerprint density at radius 2 is 2.19 bits per heavy atom. The Kier molecular flexibility index (Phi) is 6.01. The Balaban J connectivity index is 1.63. The highest BCUT2D eigenvalue weighted by atomic mass is 32.2. The lowest BCUT2D eigenvalue weighted by molar-refractivity contribution is 0.0721. The van der Waals surface area contributed by atoms with Crippen LogP contribution in [0.2, 0.25) is 0 Å². The monoisotopic (exact) mass is 453 g/mol. The number of anilines is 1. The number of amidine groups is 1. The first-order chi connectivity index (χ1) is 15.0. The van der Waals surface area contributed by atoms with Gasteiger partial charge >= 0.3 is 0 Å². The van der Waals surface area contributed by atoms with E-state index in [-0.39, 0.29) is 34.6 Å². The molecule has 3 heterocycles. The van der Waals surface area contributed by atoms with E-state index < -0.39 is 42.8 Å². The van der Waals surface area contributed by atoms with Gasteiger partial charge in [-0.2, -0.15) is 0 Å². The molecular weight excluding hydrogens is 435 g/mol. The number of hydrogen-bond donors (Lipinski definition) is 2. The van der Waals surface area contributed by atoms with Gasteiger partial charge < -0.3 is 20.5 Å². The minimum atomic E-state index is -1.18. The largest absolute Gasteiger partial charge is 0.445 e. The van der Waals surface area contributed by atoms with E-state index in [1.807, 2.05) is 0 Å². The van der Waals surface area contributed by atoms with Crippen molar-refractivity contribution in [3.8, 4) is 5.88 Å². The Bertz CT molecular complexity index is 1010. The third kappa shape index (κ3) is 4.04. The summed E-state index contributed by atoms with van der Waals surface area (Å²) in [6.45, 7) is -1.82. The van der Waals surface area contributed by atoms with Crippen LogP contribution in [0.3, 0.4) is 0 Å². The van der Waals surface area contributed by atoms with Crippen LogP contribution in [0.4, 0.5) is 18.9 Å². The lowest BCUT2D eigenvalue weighted by atomic mass is 9.79. The smallest absolute Gasteiger partial charge is 0.275 e. The summed E-state index contributed by atoms with van der Waals surface area (Å²) in [5.41, 5.74) is 5.11. The molecular formula is C19H18F3N5O3S. The number of aliphatic imine (C=N–C) groups is 1. The molecule has 0 aliphatic carbocycles. The standard InChI is InChI=1S/C19H18F3N5O3S/c20-4-15-12-7-31-18(23)27-19(12,8-29-15)11-3-10(1-2-13(11)22)26-17(28)14-5-25-16(6-24-14)30-9-21/h1-3,5-6,12,15H,4,7-9H2,(H2,23,27)(H,26,28)/t12-,15-,19?/m1/s1. The highest BCUT2D eigenvalue weighted by molar-refractivity contribution is 8.13. The number of ether oxygens (including phenoxy) is 2. The first-order valence-electron chi connectivity index (χ1n) is 9.24. The fourth-order valence-corrected chi connectivity index (χ4v) is 4.78. The van der Waals surface area contributed by atoms with Gasteiger partial charge in [0.1, 0.15) is 23.7 Å². The average molecular weight is 453 g/mol. The normalized spacial score (nSPS) is 24.9. The molecule has 2 aromatic rings. The number of halogens is 3. The summed E-state index contributed by atoms with van der Waals surface area (Å²) in [6.07, 6.45) is 1.51. The minimum Gasteiger partial charge on any atom is -0.445 e. The van der Waals surface area contributed by atoms with Gasteiger partial charge in [-0.05, 0) is 18.2 Å². The summed E-state index contributed by atoms with van der Waals surface area (Å²) < 4.78 is 50.6. The average Bonchev–Trinajstić information content (AvgIpc) is 3.14. The predicted molar refractivity (Wildman–Crippen MR) is 108 cm³/mol. The molecule has 3 atom stereocenters. The molecule has 8 nitrogen and oxygen atoms in total. The van der Waals surface area contributed by atoms with Crippen LogP contribution < -0.4 is 15.8 Å². The number of thioether (sulfide) groups is 1. The van der Waals surface area contributed by atoms with Crippen molar-refractivity contribution in [3.05, 3.63) is 47.7 Å². The molecule has 0 bridgehead atoms. The lowest BCUT2D eigenvalue weighted by Gasteiger charge is -2.35. The second kappa shape index (κ2) is 8.71. The van der Waals surface area contributed by atoms with Crippen molar-refractivity contribution in [3.63, 3.8) is 0 Å². The molecule has 1 saturated heterocycles. The number of carbonyl (C=O) groups is 1. The second-order valence-electron chi connectivity index (χ2n) is 6.94. The summed E-state index contributed by atoms with van der Waals surface area (Å²) >= 11 is 1.27. The first kappa shape index (κ1) is 21.4. The third-order valence-corrected chi connectivity index (χ3v) is 6.12. The van der Waals surface area contributed by atoms with Crippen LogP contribution in [0.25, 0.3) is 0 Å². The van der Waals surface area contributed by atoms with Gasteiger partial charge in [0.15, 0.2) is 5.17 Å². The summed E-state index contributed by atoms with van der Waals surface area (Å²) in [5, 5.41) is 2.87. The van der Waals surface area contributed by atoms with E-state index in [1.165, 1.54) is 30.0 Å². The molecule has 1 fully saturated rings. The number of carbonyl (C=O) groups excluding carboxylic acids is 1. The number of rotatable bonds is 6. The van der Waals surface area contributed by atoms with Crippen LogP contribution in [0.5, 0.6) is 5.88 Å². The zero-order valence-electron chi connectivity index (χ0n) is 16.1. The van der Waals surface area contributed by atoms with E-state index in [4.69, 9.17) is 10.5 Å². The molecule has 1 unspecified atom stereocenters. The van der Waals surface area contributed by atoms with Gasteiger partial charge in [0, 0.05) is 22.9 Å². The molecule has 12 heteroatoms. The summed E-state index contributed by atoms with van der Waals surface area (Å²) in [6, 6.07) is 4.01. The van der Waals surface area contributed by atoms with Crippen molar-refractivity contribution in [1.82, 2.24) is 9.97 Å². The zero-order chi connectivity index (χ0) is 22.0. The fourth-order valence-electron chi connectivity index (χ4n) is 3.71. The third-order valence-electron chi connectivity index (χ3n) is 5.21. The number of nitrogens with two attached hydrogens (primary N) is 1. The highest BCUT2D eigenvalue weighted by Gasteiger charge is 2.54. The van der Waals surface area contributed by atoms with Gasteiger partial charge in [-0.1, -0.05) is 11.8 Å². The van der Waals surface area contributed by atoms with Crippen molar-refractivity contribution in [2.75, 3.05) is 31.2 Å². The van der Waals surface area contributed by atoms with Crippen LogP contribution in [0.1, 0.15) is 16.1 Å². The van der Waals surface area contributed by atoms with E-state index >= 15 is 0 Å². The van der Waals surface area contributed by atoms with Crippen molar-refractivity contribution in [1.29, 1.82) is 0 Å². The maximum absolute atomic E-state index is 14.9. The molecule has 1 aromatic heterocycles. The molecule has 31 heavy (non-hydrogen) atoms. The number of benzene rings is 1. The Labute approximate surface area is 179 Å². The van der Waals surface area contributed by atoms with Gasteiger partial charge in [0.25, 0.3) is 5.91 Å². The van der Waals surface area contributed by atoms with Crippen LogP contribution in [-0.4, -0.2) is 53.0 Å². The van der Waals surface area contributed by atoms with Crippen LogP contribution >= 0.6 is 11.8 Å². The highest BCUT2D eigenvalue weighted by Crippen LogP contribution is 2.48. The number of aromatic nitrogens is 2. The molecule has 3 N–H and O–H groups in total. The van der Waals surface area contributed by atoms with Gasteiger partial charge in [-0.15, -0.1) is 0 Å². The van der Waals surface area contributed by atoms with Gasteiger partial charge in [0.2, 0.25) is 12.7 Å². The molecule has 1 aromatic carbocycles. The summed E-state index contributed by atoms with van der Waals surface area (Å²) in [5.74, 6) is -1.23. The molecule has 2 aliphatic heterocycles. The van der Waals surface area contributed by atoms with Crippen molar-refractivity contribution in [2.24, 2.45) is 16.6 Å². The maximum atomic E-state index is 14.9. The predicted octanol–water partition coefficient (Wildman–Crippen LogP) is 2.42. The Hall–Kier alpha value is -2.86. The second-order valence-corrected chi connectivity index (χ2v) is 7.98. The van der Waals surface area contributed by atoms with E-state index in [2.05, 4.69) is 25.0 Å². The van der Waals surface area contributed by atoms with Crippen LogP contribution in [-0.2, 0) is 10.3 Å². The van der Waals surface area contributed by atoms with Crippen LogP contribution in [0, 0.1) is 11.7 Å². The Morgan fingerprint density at radius 1 is 1.35 bits per heavy atom. The van der Waals surface area contributed by atoms with Crippen molar-refractivity contribution in [2.45, 2.75) is 11.6 Å². The Morgan fingerprint density at radius 3 is 2.90 bits per heavy atom. The molecule has 1 amide bonds. The van der Waals surface area contributed by atoms with Gasteiger partial charge in [-0.3, -0.25) is 4.79 Å². The number of hydrogen-bond acceptors (Lipinski definition) is 8. The van der Waals surface area contributed by atoms with Gasteiger partial charge in [0.05, 0.1) is 25.1 Å². The number of fused-ring (bicyclic) bond motifs is 1. The summed E-state index contributed by atoms with van der Waals surface area (Å²) in [4.78, 5) is 24.6. The number of amides is 1. The SMILES string of the molecule is NC1=NC2(c3cc(NC(=O)c4cnc(OCF)cn4)ccc3F)CO[C@H](CF)[C@H]2CS1. The molecule has 2 aliphatic rings. The number of alkyl halides is 2. The number of nitrogens with one attached hydrogen (secondary N) is 1. The molecule has 0 saturated carbocycles. The summed E-state index contributed by atoms with van der Waals surface area (Å²) in [7, 11) is 0. The lowest BCUT2D eigenvalue weighted by Crippen LogP contribution is -2.42. The van der Waals surface area contributed by atoms with E-state index in [9.17, 15) is 18.0 Å². The maximum Gasteiger partial charge on any atom is 0.275 e. The number of nitrogens with zero attached hydrogens (tertiary/aromatic N) is 3. The van der Waals surface area contributed by atoms with E-state index in [0.29, 0.717) is 5.75 Å². The van der Waals surface area contributed by atoms with E-state index in [0.717, 1.165) is 12.4 Å². The quantitative estimate of drug-likeness (QED) is 0.691. The topological polar surface area (TPSA) is 112 Å². The first-order valence-corrected chi connectivity index (χ1v) is 10.2. The van der Waals surface area contributed by atoms with Crippen molar-refractivity contribution < 1.29 is 27.4 Å². The molecule has 0 spiro atoms. The fraction of sp³-hybridized carbons (Fsp3) is 0.368. The molecule has 0 radical (unpaired) electrons. The molecule has 164 valence electrons. The van der Waals surface area contributed by atoms with Crippen LogP contribution in [0.15, 0.2) is 35.6 Å². The van der Waals surface area contributed by atoms with Gasteiger partial charge in [-0.25, -0.2) is 28.1 Å². The van der Waals surface area contributed by atoms with Crippen molar-refractivity contribution >= 4 is 28.5 Å². The minimum absolute atomic E-state index is 0.0245. The van der Waals surface area contributed by atoms with E-state index in [1.54, 1.807) is 0 Å².